The van der Waals surface area contributed by atoms with Crippen molar-refractivity contribution in [2.45, 2.75) is 25.3 Å². The molecule has 0 spiro atoms. The molecule has 3 rings (SSSR count). The van der Waals surface area contributed by atoms with Crippen molar-refractivity contribution >= 4 is 5.91 Å². The highest BCUT2D eigenvalue weighted by molar-refractivity contribution is 5.92. The first kappa shape index (κ1) is 11.0. The SMILES string of the molecule is C[C@]1(NC(=O)c2cocn2)CCc2ccccc21. The Kier molecular flexibility index (Phi) is 2.44. The lowest BCUT2D eigenvalue weighted by Crippen LogP contribution is -2.41. The van der Waals surface area contributed by atoms with Gasteiger partial charge in [-0.1, -0.05) is 24.3 Å². The summed E-state index contributed by atoms with van der Waals surface area (Å²) in [4.78, 5) is 15.9. The topological polar surface area (TPSA) is 55.1 Å². The number of oxazole rings is 1. The van der Waals surface area contributed by atoms with Crippen molar-refractivity contribution < 1.29 is 9.21 Å². The van der Waals surface area contributed by atoms with Crippen LogP contribution >= 0.6 is 0 Å². The number of carbonyl (C=O) groups excluding carboxylic acids is 1. The summed E-state index contributed by atoms with van der Waals surface area (Å²) in [6, 6.07) is 8.23. The van der Waals surface area contributed by atoms with Gasteiger partial charge in [0.1, 0.15) is 6.26 Å². The van der Waals surface area contributed by atoms with Crippen LogP contribution in [0.3, 0.4) is 0 Å². The van der Waals surface area contributed by atoms with Crippen molar-refractivity contribution in [1.82, 2.24) is 10.3 Å². The van der Waals surface area contributed by atoms with Crippen LogP contribution in [0.1, 0.15) is 35.0 Å². The zero-order valence-corrected chi connectivity index (χ0v) is 10.1. The lowest BCUT2D eigenvalue weighted by atomic mass is 9.94. The summed E-state index contributed by atoms with van der Waals surface area (Å²) < 4.78 is 4.83. The molecule has 1 N–H and O–H groups in total. The van der Waals surface area contributed by atoms with Crippen molar-refractivity contribution in [1.29, 1.82) is 0 Å². The Morgan fingerprint density at radius 3 is 3.06 bits per heavy atom. The van der Waals surface area contributed by atoms with Crippen LogP contribution in [-0.2, 0) is 12.0 Å². The maximum atomic E-state index is 12.0. The molecule has 1 heterocycles. The van der Waals surface area contributed by atoms with Gasteiger partial charge < -0.3 is 9.73 Å². The van der Waals surface area contributed by atoms with Gasteiger partial charge in [0.05, 0.1) is 5.54 Å². The first-order chi connectivity index (χ1) is 8.69. The quantitative estimate of drug-likeness (QED) is 0.878. The first-order valence-corrected chi connectivity index (χ1v) is 5.98. The van der Waals surface area contributed by atoms with Gasteiger partial charge in [0.2, 0.25) is 0 Å². The Balaban J connectivity index is 1.87. The van der Waals surface area contributed by atoms with E-state index < -0.39 is 0 Å². The molecule has 1 aromatic carbocycles. The molecule has 1 aromatic heterocycles. The minimum absolute atomic E-state index is 0.192. The van der Waals surface area contributed by atoms with E-state index in [1.165, 1.54) is 23.8 Å². The van der Waals surface area contributed by atoms with Gasteiger partial charge in [0.15, 0.2) is 12.1 Å². The van der Waals surface area contributed by atoms with E-state index in [0.717, 1.165) is 12.8 Å². The molecule has 0 fully saturated rings. The molecule has 0 unspecified atom stereocenters. The third-order valence-electron chi connectivity index (χ3n) is 3.56. The minimum atomic E-state index is -0.313. The number of benzene rings is 1. The molecule has 2 aromatic rings. The van der Waals surface area contributed by atoms with Gasteiger partial charge in [0.25, 0.3) is 5.91 Å². The van der Waals surface area contributed by atoms with Gasteiger partial charge in [-0.3, -0.25) is 4.79 Å². The van der Waals surface area contributed by atoms with Crippen LogP contribution in [0, 0.1) is 0 Å². The molecule has 0 radical (unpaired) electrons. The Labute approximate surface area is 105 Å². The second-order valence-corrected chi connectivity index (χ2v) is 4.82. The Hall–Kier alpha value is -2.10. The normalized spacial score (nSPS) is 21.6. The molecule has 18 heavy (non-hydrogen) atoms. The standard InChI is InChI=1S/C14H14N2O2/c1-14(16-13(17)12-8-18-9-15-12)7-6-10-4-2-3-5-11(10)14/h2-5,8-9H,6-7H2,1H3,(H,16,17)/t14-/m0/s1. The minimum Gasteiger partial charge on any atom is -0.451 e. The summed E-state index contributed by atoms with van der Waals surface area (Å²) in [5.41, 5.74) is 2.51. The van der Waals surface area contributed by atoms with Crippen LogP contribution in [0.5, 0.6) is 0 Å². The van der Waals surface area contributed by atoms with Crippen LogP contribution in [0.4, 0.5) is 0 Å². The predicted octanol–water partition coefficient (Wildman–Crippen LogP) is 2.27. The van der Waals surface area contributed by atoms with E-state index >= 15 is 0 Å². The molecular weight excluding hydrogens is 228 g/mol. The second kappa shape index (κ2) is 3.98. The van der Waals surface area contributed by atoms with E-state index in [9.17, 15) is 4.79 Å². The van der Waals surface area contributed by atoms with E-state index in [1.807, 2.05) is 12.1 Å². The fourth-order valence-electron chi connectivity index (χ4n) is 2.57. The molecule has 0 saturated heterocycles. The Bertz CT molecular complexity index is 577. The molecule has 4 heteroatoms. The van der Waals surface area contributed by atoms with Crippen molar-refractivity contribution in [3.05, 3.63) is 53.7 Å². The molecule has 1 atom stereocenters. The molecule has 0 bridgehead atoms. The monoisotopic (exact) mass is 242 g/mol. The number of nitrogens with zero attached hydrogens (tertiary/aromatic N) is 1. The number of carbonyl (C=O) groups is 1. The number of rotatable bonds is 2. The second-order valence-electron chi connectivity index (χ2n) is 4.82. The summed E-state index contributed by atoms with van der Waals surface area (Å²) in [6.45, 7) is 2.05. The lowest BCUT2D eigenvalue weighted by molar-refractivity contribution is 0.0899. The highest BCUT2D eigenvalue weighted by atomic mass is 16.3. The average molecular weight is 242 g/mol. The smallest absolute Gasteiger partial charge is 0.273 e. The van der Waals surface area contributed by atoms with Crippen LogP contribution in [0.25, 0.3) is 0 Å². The number of hydrogen-bond acceptors (Lipinski definition) is 3. The number of hydrogen-bond donors (Lipinski definition) is 1. The van der Waals surface area contributed by atoms with Gasteiger partial charge in [-0.05, 0) is 30.9 Å². The summed E-state index contributed by atoms with van der Waals surface area (Å²) >= 11 is 0. The average Bonchev–Trinajstić information content (AvgIpc) is 2.99. The highest BCUT2D eigenvalue weighted by Crippen LogP contribution is 2.36. The number of aromatic nitrogens is 1. The highest BCUT2D eigenvalue weighted by Gasteiger charge is 2.35. The van der Waals surface area contributed by atoms with Crippen LogP contribution in [-0.4, -0.2) is 10.9 Å². The van der Waals surface area contributed by atoms with Crippen molar-refractivity contribution in [2.24, 2.45) is 0 Å². The van der Waals surface area contributed by atoms with Crippen molar-refractivity contribution in [2.75, 3.05) is 0 Å². The third kappa shape index (κ3) is 1.70. The van der Waals surface area contributed by atoms with E-state index in [1.54, 1.807) is 0 Å². The summed E-state index contributed by atoms with van der Waals surface area (Å²) in [7, 11) is 0. The van der Waals surface area contributed by atoms with Crippen LogP contribution in [0.15, 0.2) is 41.3 Å². The zero-order valence-electron chi connectivity index (χ0n) is 10.1. The maximum Gasteiger partial charge on any atom is 0.273 e. The molecule has 4 nitrogen and oxygen atoms in total. The van der Waals surface area contributed by atoms with E-state index in [2.05, 4.69) is 29.4 Å². The Morgan fingerprint density at radius 2 is 2.28 bits per heavy atom. The van der Waals surface area contributed by atoms with Crippen molar-refractivity contribution in [3.63, 3.8) is 0 Å². The molecular formula is C14H14N2O2. The summed E-state index contributed by atoms with van der Waals surface area (Å²) in [6.07, 6.45) is 4.53. The third-order valence-corrected chi connectivity index (χ3v) is 3.56. The largest absolute Gasteiger partial charge is 0.451 e. The van der Waals surface area contributed by atoms with E-state index in [0.29, 0.717) is 5.69 Å². The van der Waals surface area contributed by atoms with Crippen LogP contribution in [0.2, 0.25) is 0 Å². The molecule has 92 valence electrons. The molecule has 1 aliphatic rings. The maximum absolute atomic E-state index is 12.0. The molecule has 1 amide bonds. The summed E-state index contributed by atoms with van der Waals surface area (Å²) in [5, 5.41) is 3.05. The summed E-state index contributed by atoms with van der Waals surface area (Å²) in [5.74, 6) is -0.192. The van der Waals surface area contributed by atoms with E-state index in [4.69, 9.17) is 4.42 Å². The van der Waals surface area contributed by atoms with Gasteiger partial charge in [-0.2, -0.15) is 0 Å². The fourth-order valence-corrected chi connectivity index (χ4v) is 2.57. The van der Waals surface area contributed by atoms with Crippen molar-refractivity contribution in [3.8, 4) is 0 Å². The van der Waals surface area contributed by atoms with Gasteiger partial charge in [0, 0.05) is 0 Å². The first-order valence-electron chi connectivity index (χ1n) is 5.98. The zero-order chi connectivity index (χ0) is 12.6. The van der Waals surface area contributed by atoms with E-state index in [-0.39, 0.29) is 11.4 Å². The fraction of sp³-hybridized carbons (Fsp3) is 0.286. The molecule has 0 saturated carbocycles. The Morgan fingerprint density at radius 1 is 1.44 bits per heavy atom. The number of nitrogens with one attached hydrogen (secondary N) is 1. The molecule has 0 aliphatic heterocycles. The van der Waals surface area contributed by atoms with Gasteiger partial charge in [-0.15, -0.1) is 0 Å². The lowest BCUT2D eigenvalue weighted by Gasteiger charge is -2.26. The number of aryl methyl sites for hydroxylation is 1. The number of amides is 1. The molecule has 1 aliphatic carbocycles. The number of fused-ring (bicyclic) bond motifs is 1. The van der Waals surface area contributed by atoms with Crippen LogP contribution < -0.4 is 5.32 Å². The predicted molar refractivity (Wildman–Crippen MR) is 66.1 cm³/mol. The van der Waals surface area contributed by atoms with Gasteiger partial charge >= 0.3 is 0 Å². The van der Waals surface area contributed by atoms with Gasteiger partial charge in [-0.25, -0.2) is 4.98 Å².